The number of hydrogen-bond acceptors (Lipinski definition) is 2. The van der Waals surface area contributed by atoms with E-state index in [-0.39, 0.29) is 27.5 Å². The van der Waals surface area contributed by atoms with E-state index in [9.17, 15) is 4.79 Å². The fourth-order valence-corrected chi connectivity index (χ4v) is 2.87. The molecule has 0 saturated carbocycles. The first kappa shape index (κ1) is 16.2. The standard InChI is InChI=1S/C16H13Cl3O2/c1-9(2)21-12-5-3-4-10(6-12)16(20)15-13(18)7-11(17)8-14(15)19/h3-9H,1-2H3. The van der Waals surface area contributed by atoms with Crippen LogP contribution < -0.4 is 4.74 Å². The van der Waals surface area contributed by atoms with Gasteiger partial charge in [-0.1, -0.05) is 46.9 Å². The maximum atomic E-state index is 12.6. The lowest BCUT2D eigenvalue weighted by Crippen LogP contribution is -2.07. The Hall–Kier alpha value is -1.22. The van der Waals surface area contributed by atoms with Gasteiger partial charge in [-0.25, -0.2) is 0 Å². The van der Waals surface area contributed by atoms with Crippen LogP contribution in [0.1, 0.15) is 29.8 Å². The molecule has 0 radical (unpaired) electrons. The van der Waals surface area contributed by atoms with Crippen LogP contribution >= 0.6 is 34.8 Å². The van der Waals surface area contributed by atoms with Crippen LogP contribution in [0.4, 0.5) is 0 Å². The number of ketones is 1. The quantitative estimate of drug-likeness (QED) is 0.669. The third-order valence-electron chi connectivity index (χ3n) is 2.70. The predicted octanol–water partition coefficient (Wildman–Crippen LogP) is 5.67. The first-order valence-electron chi connectivity index (χ1n) is 6.34. The van der Waals surface area contributed by atoms with Gasteiger partial charge >= 0.3 is 0 Å². The number of hydrogen-bond donors (Lipinski definition) is 0. The number of carbonyl (C=O) groups is 1. The molecule has 0 bridgehead atoms. The van der Waals surface area contributed by atoms with Gasteiger partial charge in [0.2, 0.25) is 0 Å². The van der Waals surface area contributed by atoms with Crippen LogP contribution in [0.2, 0.25) is 15.1 Å². The Morgan fingerprint density at radius 1 is 1.05 bits per heavy atom. The number of ether oxygens (including phenoxy) is 1. The summed E-state index contributed by atoms with van der Waals surface area (Å²) in [6, 6.07) is 9.90. The summed E-state index contributed by atoms with van der Waals surface area (Å²) < 4.78 is 5.58. The molecule has 0 atom stereocenters. The molecule has 0 heterocycles. The summed E-state index contributed by atoms with van der Waals surface area (Å²) in [7, 11) is 0. The Kier molecular flexibility index (Phi) is 5.15. The fourth-order valence-electron chi connectivity index (χ4n) is 1.89. The topological polar surface area (TPSA) is 26.3 Å². The molecule has 0 aromatic heterocycles. The van der Waals surface area contributed by atoms with E-state index in [1.807, 2.05) is 13.8 Å². The summed E-state index contributed by atoms with van der Waals surface area (Å²) in [5, 5.41) is 0.846. The van der Waals surface area contributed by atoms with Crippen molar-refractivity contribution < 1.29 is 9.53 Å². The van der Waals surface area contributed by atoms with Crippen molar-refractivity contribution in [2.75, 3.05) is 0 Å². The van der Waals surface area contributed by atoms with Crippen LogP contribution in [-0.4, -0.2) is 11.9 Å². The van der Waals surface area contributed by atoms with Crippen LogP contribution in [0.15, 0.2) is 36.4 Å². The Labute approximate surface area is 138 Å². The second kappa shape index (κ2) is 6.69. The van der Waals surface area contributed by atoms with E-state index in [4.69, 9.17) is 39.5 Å². The second-order valence-corrected chi connectivity index (χ2v) is 6.02. The zero-order valence-corrected chi connectivity index (χ0v) is 13.8. The van der Waals surface area contributed by atoms with E-state index >= 15 is 0 Å². The Balaban J connectivity index is 2.41. The van der Waals surface area contributed by atoms with Gasteiger partial charge in [-0.3, -0.25) is 4.79 Å². The minimum absolute atomic E-state index is 0.0260. The molecule has 0 saturated heterocycles. The lowest BCUT2D eigenvalue weighted by atomic mass is 10.0. The summed E-state index contributed by atoms with van der Waals surface area (Å²) in [5.41, 5.74) is 0.698. The largest absolute Gasteiger partial charge is 0.491 e. The van der Waals surface area contributed by atoms with Gasteiger partial charge in [-0.15, -0.1) is 0 Å². The molecule has 2 nitrogen and oxygen atoms in total. The van der Waals surface area contributed by atoms with E-state index in [1.54, 1.807) is 24.3 Å². The molecule has 0 aliphatic heterocycles. The van der Waals surface area contributed by atoms with Crippen molar-refractivity contribution in [2.24, 2.45) is 0 Å². The van der Waals surface area contributed by atoms with Crippen molar-refractivity contribution in [3.8, 4) is 5.75 Å². The van der Waals surface area contributed by atoms with Crippen LogP contribution in [-0.2, 0) is 0 Å². The van der Waals surface area contributed by atoms with Crippen molar-refractivity contribution >= 4 is 40.6 Å². The monoisotopic (exact) mass is 342 g/mol. The molecule has 2 aromatic rings. The molecular formula is C16H13Cl3O2. The summed E-state index contributed by atoms with van der Waals surface area (Å²) in [4.78, 5) is 12.6. The highest BCUT2D eigenvalue weighted by Crippen LogP contribution is 2.31. The van der Waals surface area contributed by atoms with Gasteiger partial charge < -0.3 is 4.74 Å². The van der Waals surface area contributed by atoms with Gasteiger partial charge in [-0.2, -0.15) is 0 Å². The lowest BCUT2D eigenvalue weighted by Gasteiger charge is -2.11. The summed E-state index contributed by atoms with van der Waals surface area (Å²) in [6.07, 6.45) is 0.0260. The third kappa shape index (κ3) is 3.91. The normalized spacial score (nSPS) is 10.8. The lowest BCUT2D eigenvalue weighted by molar-refractivity contribution is 0.103. The van der Waals surface area contributed by atoms with Gasteiger partial charge in [0.1, 0.15) is 5.75 Å². The third-order valence-corrected chi connectivity index (χ3v) is 3.52. The predicted molar refractivity (Wildman–Crippen MR) is 87.1 cm³/mol. The molecule has 21 heavy (non-hydrogen) atoms. The zero-order chi connectivity index (χ0) is 15.6. The molecule has 2 aromatic carbocycles. The van der Waals surface area contributed by atoms with Crippen LogP contribution in [0.3, 0.4) is 0 Å². The van der Waals surface area contributed by atoms with Crippen LogP contribution in [0.25, 0.3) is 0 Å². The van der Waals surface area contributed by atoms with Crippen molar-refractivity contribution in [3.05, 3.63) is 62.6 Å². The first-order valence-corrected chi connectivity index (χ1v) is 7.48. The molecule has 2 rings (SSSR count). The Morgan fingerprint density at radius 3 is 2.24 bits per heavy atom. The average molecular weight is 344 g/mol. The van der Waals surface area contributed by atoms with E-state index in [1.165, 1.54) is 12.1 Å². The van der Waals surface area contributed by atoms with Crippen LogP contribution in [0, 0.1) is 0 Å². The maximum Gasteiger partial charge on any atom is 0.196 e. The van der Waals surface area contributed by atoms with Gasteiger partial charge in [0.25, 0.3) is 0 Å². The second-order valence-electron chi connectivity index (χ2n) is 4.77. The SMILES string of the molecule is CC(C)Oc1cccc(C(=O)c2c(Cl)cc(Cl)cc2Cl)c1. The van der Waals surface area contributed by atoms with E-state index < -0.39 is 0 Å². The summed E-state index contributed by atoms with van der Waals surface area (Å²) >= 11 is 18.0. The molecule has 0 N–H and O–H groups in total. The van der Waals surface area contributed by atoms with Gasteiger partial charge in [0.05, 0.1) is 21.7 Å². The Morgan fingerprint density at radius 2 is 1.67 bits per heavy atom. The minimum Gasteiger partial charge on any atom is -0.491 e. The zero-order valence-electron chi connectivity index (χ0n) is 11.5. The molecule has 0 unspecified atom stereocenters. The van der Waals surface area contributed by atoms with Crippen molar-refractivity contribution in [2.45, 2.75) is 20.0 Å². The molecule has 0 aliphatic carbocycles. The van der Waals surface area contributed by atoms with Crippen LogP contribution in [0.5, 0.6) is 5.75 Å². The van der Waals surface area contributed by atoms with Crippen molar-refractivity contribution in [3.63, 3.8) is 0 Å². The number of halogens is 3. The fraction of sp³-hybridized carbons (Fsp3) is 0.188. The molecule has 0 aliphatic rings. The highest BCUT2D eigenvalue weighted by molar-refractivity contribution is 6.43. The molecule has 5 heteroatoms. The average Bonchev–Trinajstić information content (AvgIpc) is 2.36. The first-order chi connectivity index (χ1) is 9.88. The van der Waals surface area contributed by atoms with Gasteiger partial charge in [-0.05, 0) is 38.1 Å². The minimum atomic E-state index is -0.268. The van der Waals surface area contributed by atoms with Crippen molar-refractivity contribution in [1.82, 2.24) is 0 Å². The van der Waals surface area contributed by atoms with Gasteiger partial charge in [0.15, 0.2) is 5.78 Å². The van der Waals surface area contributed by atoms with E-state index in [2.05, 4.69) is 0 Å². The maximum absolute atomic E-state index is 12.6. The number of carbonyl (C=O) groups excluding carboxylic acids is 1. The number of benzene rings is 2. The van der Waals surface area contributed by atoms with Gasteiger partial charge in [0, 0.05) is 10.6 Å². The smallest absolute Gasteiger partial charge is 0.196 e. The molecule has 0 fully saturated rings. The van der Waals surface area contributed by atoms with E-state index in [0.717, 1.165) is 0 Å². The molecule has 110 valence electrons. The highest BCUT2D eigenvalue weighted by Gasteiger charge is 2.18. The van der Waals surface area contributed by atoms with Crippen molar-refractivity contribution in [1.29, 1.82) is 0 Å². The molecular weight excluding hydrogens is 331 g/mol. The molecule has 0 amide bonds. The molecule has 0 spiro atoms. The highest BCUT2D eigenvalue weighted by atomic mass is 35.5. The number of rotatable bonds is 4. The Bertz CT molecular complexity index is 658. The summed E-state index contributed by atoms with van der Waals surface area (Å²) in [6.45, 7) is 3.84. The summed E-state index contributed by atoms with van der Waals surface area (Å²) in [5.74, 6) is 0.355. The van der Waals surface area contributed by atoms with E-state index in [0.29, 0.717) is 16.3 Å².